The number of benzene rings is 2. The lowest BCUT2D eigenvalue weighted by Gasteiger charge is -2.17. The molecular weight excluding hydrogens is 346 g/mol. The molecule has 1 amide bonds. The molecule has 0 radical (unpaired) electrons. The van der Waals surface area contributed by atoms with Gasteiger partial charge in [0.05, 0.1) is 10.7 Å². The Morgan fingerprint density at radius 3 is 2.33 bits per heavy atom. The SMILES string of the molecule is C[C@@H](OC(=O)[C@@H](C)Sc1ccccc1)C(=O)Nc1ccccc1Cl. The lowest BCUT2D eigenvalue weighted by atomic mass is 10.3. The molecule has 1 N–H and O–H groups in total. The summed E-state index contributed by atoms with van der Waals surface area (Å²) in [4.78, 5) is 25.2. The average Bonchev–Trinajstić information content (AvgIpc) is 2.57. The number of amides is 1. The van der Waals surface area contributed by atoms with Gasteiger partial charge in [-0.3, -0.25) is 9.59 Å². The van der Waals surface area contributed by atoms with Gasteiger partial charge in [0.1, 0.15) is 5.25 Å². The molecule has 126 valence electrons. The van der Waals surface area contributed by atoms with Crippen LogP contribution in [0.4, 0.5) is 5.69 Å². The van der Waals surface area contributed by atoms with E-state index >= 15 is 0 Å². The van der Waals surface area contributed by atoms with Crippen molar-refractivity contribution < 1.29 is 14.3 Å². The summed E-state index contributed by atoms with van der Waals surface area (Å²) in [6.45, 7) is 3.28. The zero-order valence-corrected chi connectivity index (χ0v) is 14.9. The molecular formula is C18H18ClNO3S. The number of ether oxygens (including phenoxy) is 1. The molecule has 2 rings (SSSR count). The van der Waals surface area contributed by atoms with Gasteiger partial charge in [-0.05, 0) is 38.1 Å². The van der Waals surface area contributed by atoms with Crippen molar-refractivity contribution in [2.24, 2.45) is 0 Å². The number of para-hydroxylation sites is 1. The molecule has 2 aromatic carbocycles. The van der Waals surface area contributed by atoms with Crippen LogP contribution in [0.25, 0.3) is 0 Å². The van der Waals surface area contributed by atoms with E-state index in [9.17, 15) is 9.59 Å². The largest absolute Gasteiger partial charge is 0.452 e. The average molecular weight is 364 g/mol. The summed E-state index contributed by atoms with van der Waals surface area (Å²) in [5.41, 5.74) is 0.485. The van der Waals surface area contributed by atoms with Gasteiger partial charge in [-0.2, -0.15) is 0 Å². The van der Waals surface area contributed by atoms with Gasteiger partial charge in [0.2, 0.25) is 0 Å². The molecule has 0 aromatic heterocycles. The Kier molecular flexibility index (Phi) is 6.70. The fourth-order valence-corrected chi connectivity index (χ4v) is 2.93. The Bertz CT molecular complexity index is 708. The van der Waals surface area contributed by atoms with Gasteiger partial charge in [0, 0.05) is 4.90 Å². The molecule has 0 aliphatic carbocycles. The minimum atomic E-state index is -0.910. The van der Waals surface area contributed by atoms with Gasteiger partial charge >= 0.3 is 5.97 Å². The zero-order chi connectivity index (χ0) is 17.5. The number of carbonyl (C=O) groups excluding carboxylic acids is 2. The molecule has 24 heavy (non-hydrogen) atoms. The molecule has 2 aromatic rings. The summed E-state index contributed by atoms with van der Waals surface area (Å²) >= 11 is 7.38. The summed E-state index contributed by atoms with van der Waals surface area (Å²) in [7, 11) is 0. The van der Waals surface area contributed by atoms with E-state index in [1.165, 1.54) is 18.7 Å². The monoisotopic (exact) mass is 363 g/mol. The van der Waals surface area contributed by atoms with Crippen LogP contribution in [0.2, 0.25) is 5.02 Å². The summed E-state index contributed by atoms with van der Waals surface area (Å²) in [6.07, 6.45) is -0.910. The second-order valence-corrected chi connectivity index (χ2v) is 6.94. The zero-order valence-electron chi connectivity index (χ0n) is 13.4. The van der Waals surface area contributed by atoms with E-state index in [0.29, 0.717) is 10.7 Å². The Hall–Kier alpha value is -1.98. The third-order valence-electron chi connectivity index (χ3n) is 3.18. The van der Waals surface area contributed by atoms with Crippen molar-refractivity contribution in [2.45, 2.75) is 30.1 Å². The highest BCUT2D eigenvalue weighted by molar-refractivity contribution is 8.00. The number of rotatable bonds is 6. The highest BCUT2D eigenvalue weighted by atomic mass is 35.5. The predicted octanol–water partition coefficient (Wildman–Crippen LogP) is 4.39. The molecule has 0 fully saturated rings. The Morgan fingerprint density at radius 2 is 1.67 bits per heavy atom. The summed E-state index contributed by atoms with van der Waals surface area (Å²) in [5.74, 6) is -0.862. The first kappa shape index (κ1) is 18.4. The van der Waals surface area contributed by atoms with Crippen molar-refractivity contribution in [3.05, 3.63) is 59.6 Å². The number of hydrogen-bond acceptors (Lipinski definition) is 4. The normalized spacial score (nSPS) is 13.0. The smallest absolute Gasteiger partial charge is 0.319 e. The van der Waals surface area contributed by atoms with Crippen LogP contribution in [0, 0.1) is 0 Å². The first-order chi connectivity index (χ1) is 11.5. The molecule has 0 aliphatic heterocycles. The van der Waals surface area contributed by atoms with Crippen molar-refractivity contribution in [1.29, 1.82) is 0 Å². The molecule has 0 unspecified atom stereocenters. The van der Waals surface area contributed by atoms with E-state index in [1.54, 1.807) is 31.2 Å². The summed E-state index contributed by atoms with van der Waals surface area (Å²) < 4.78 is 5.24. The maximum absolute atomic E-state index is 12.1. The number of hydrogen-bond donors (Lipinski definition) is 1. The second-order valence-electron chi connectivity index (χ2n) is 5.12. The fourth-order valence-electron chi connectivity index (χ4n) is 1.87. The van der Waals surface area contributed by atoms with E-state index in [1.807, 2.05) is 30.3 Å². The van der Waals surface area contributed by atoms with Gasteiger partial charge in [-0.1, -0.05) is 41.9 Å². The van der Waals surface area contributed by atoms with Crippen molar-refractivity contribution in [3.63, 3.8) is 0 Å². The standard InChI is InChI=1S/C18H18ClNO3S/c1-12(17(21)20-16-11-7-6-10-15(16)19)23-18(22)13(2)24-14-8-4-3-5-9-14/h3-13H,1-2H3,(H,20,21)/t12-,13-/m1/s1. The van der Waals surface area contributed by atoms with E-state index in [4.69, 9.17) is 16.3 Å². The number of halogens is 1. The van der Waals surface area contributed by atoms with Crippen LogP contribution in [-0.2, 0) is 14.3 Å². The Balaban J connectivity index is 1.88. The highest BCUT2D eigenvalue weighted by Gasteiger charge is 2.23. The van der Waals surface area contributed by atoms with Crippen LogP contribution in [0.15, 0.2) is 59.5 Å². The van der Waals surface area contributed by atoms with Crippen LogP contribution >= 0.6 is 23.4 Å². The van der Waals surface area contributed by atoms with Gasteiger partial charge in [-0.15, -0.1) is 11.8 Å². The molecule has 4 nitrogen and oxygen atoms in total. The van der Waals surface area contributed by atoms with Crippen molar-refractivity contribution >= 4 is 40.9 Å². The molecule has 0 aliphatic rings. The first-order valence-corrected chi connectivity index (χ1v) is 8.70. The van der Waals surface area contributed by atoms with Crippen LogP contribution in [0.3, 0.4) is 0 Å². The summed E-state index contributed by atoms with van der Waals surface area (Å²) in [6, 6.07) is 16.4. The van der Waals surface area contributed by atoms with E-state index in [0.717, 1.165) is 4.90 Å². The van der Waals surface area contributed by atoms with Crippen molar-refractivity contribution in [2.75, 3.05) is 5.32 Å². The van der Waals surface area contributed by atoms with Crippen LogP contribution in [0.1, 0.15) is 13.8 Å². The van der Waals surface area contributed by atoms with Gasteiger partial charge in [0.25, 0.3) is 5.91 Å². The maximum atomic E-state index is 12.1. The number of anilines is 1. The Labute approximate surface area is 150 Å². The molecule has 6 heteroatoms. The van der Waals surface area contributed by atoms with Gasteiger partial charge in [0.15, 0.2) is 6.10 Å². The van der Waals surface area contributed by atoms with E-state index in [-0.39, 0.29) is 0 Å². The molecule has 0 saturated carbocycles. The lowest BCUT2D eigenvalue weighted by Crippen LogP contribution is -2.32. The van der Waals surface area contributed by atoms with Crippen LogP contribution < -0.4 is 5.32 Å². The summed E-state index contributed by atoms with van der Waals surface area (Å²) in [5, 5.41) is 2.66. The predicted molar refractivity (Wildman–Crippen MR) is 97.4 cm³/mol. The molecule has 0 spiro atoms. The molecule has 2 atom stereocenters. The van der Waals surface area contributed by atoms with E-state index < -0.39 is 23.2 Å². The number of carbonyl (C=O) groups is 2. The fraction of sp³-hybridized carbons (Fsp3) is 0.222. The minimum absolute atomic E-state index is 0.414. The van der Waals surface area contributed by atoms with E-state index in [2.05, 4.69) is 5.32 Å². The molecule has 0 heterocycles. The van der Waals surface area contributed by atoms with Crippen LogP contribution in [-0.4, -0.2) is 23.2 Å². The third-order valence-corrected chi connectivity index (χ3v) is 4.60. The van der Waals surface area contributed by atoms with Gasteiger partial charge in [-0.25, -0.2) is 0 Å². The third kappa shape index (κ3) is 5.28. The highest BCUT2D eigenvalue weighted by Crippen LogP contribution is 2.24. The topological polar surface area (TPSA) is 55.4 Å². The number of esters is 1. The first-order valence-electron chi connectivity index (χ1n) is 7.45. The maximum Gasteiger partial charge on any atom is 0.319 e. The second kappa shape index (κ2) is 8.76. The van der Waals surface area contributed by atoms with Crippen LogP contribution in [0.5, 0.6) is 0 Å². The quantitative estimate of drug-likeness (QED) is 0.610. The van der Waals surface area contributed by atoms with Crippen molar-refractivity contribution in [1.82, 2.24) is 0 Å². The molecule has 0 saturated heterocycles. The van der Waals surface area contributed by atoms with Gasteiger partial charge < -0.3 is 10.1 Å². The van der Waals surface area contributed by atoms with Crippen molar-refractivity contribution in [3.8, 4) is 0 Å². The molecule has 0 bridgehead atoms. The number of thioether (sulfide) groups is 1. The number of nitrogens with one attached hydrogen (secondary N) is 1. The Morgan fingerprint density at radius 1 is 1.04 bits per heavy atom. The lowest BCUT2D eigenvalue weighted by molar-refractivity contribution is -0.152. The minimum Gasteiger partial charge on any atom is -0.452 e.